The van der Waals surface area contributed by atoms with Crippen molar-refractivity contribution in [2.75, 3.05) is 5.32 Å². The third-order valence-electron chi connectivity index (χ3n) is 3.64. The summed E-state index contributed by atoms with van der Waals surface area (Å²) in [5.74, 6) is -1.06. The van der Waals surface area contributed by atoms with Crippen molar-refractivity contribution in [2.24, 2.45) is 0 Å². The molecule has 1 heterocycles. The lowest BCUT2D eigenvalue weighted by Crippen LogP contribution is -2.09. The maximum absolute atomic E-state index is 13.4. The molecule has 0 aliphatic rings. The van der Waals surface area contributed by atoms with Crippen LogP contribution in [0.4, 0.5) is 29.1 Å². The van der Waals surface area contributed by atoms with E-state index in [1.165, 1.54) is 12.4 Å². The van der Waals surface area contributed by atoms with Crippen LogP contribution < -0.4 is 5.32 Å². The molecule has 0 aliphatic carbocycles. The van der Waals surface area contributed by atoms with Crippen LogP contribution in [0.1, 0.15) is 16.8 Å². The summed E-state index contributed by atoms with van der Waals surface area (Å²) in [6.45, 7) is 0. The highest BCUT2D eigenvalue weighted by molar-refractivity contribution is 6.42. The van der Waals surface area contributed by atoms with E-state index in [4.69, 9.17) is 23.2 Å². The summed E-state index contributed by atoms with van der Waals surface area (Å²) < 4.78 is 51.8. The first-order valence-corrected chi connectivity index (χ1v) is 8.36. The molecule has 3 nitrogen and oxygen atoms in total. The molecule has 0 amide bonds. The quantitative estimate of drug-likeness (QED) is 0.448. The highest BCUT2D eigenvalue weighted by atomic mass is 35.5. The van der Waals surface area contributed by atoms with Crippen LogP contribution in [0.25, 0.3) is 0 Å². The van der Waals surface area contributed by atoms with Gasteiger partial charge in [-0.05, 0) is 35.9 Å². The summed E-state index contributed by atoms with van der Waals surface area (Å²) in [6.07, 6.45) is -3.08. The molecule has 0 atom stereocenters. The number of nitrogens with one attached hydrogen (secondary N) is 1. The number of hydrogen-bond donors (Lipinski definition) is 1. The van der Waals surface area contributed by atoms with E-state index in [2.05, 4.69) is 15.3 Å². The van der Waals surface area contributed by atoms with Gasteiger partial charge in [0.1, 0.15) is 18.0 Å². The van der Waals surface area contributed by atoms with Gasteiger partial charge in [0, 0.05) is 18.2 Å². The second-order valence-corrected chi connectivity index (χ2v) is 6.45. The minimum atomic E-state index is -4.79. The number of alkyl halides is 3. The predicted molar refractivity (Wildman–Crippen MR) is 103 cm³/mol. The number of aromatic nitrogens is 2. The number of nitrogens with zero attached hydrogens (tertiary/aromatic N) is 2. The Kier molecular flexibility index (Phi) is 7.09. The largest absolute Gasteiger partial charge is 0.419 e. The predicted octanol–water partition coefficient (Wildman–Crippen LogP) is 6.70. The van der Waals surface area contributed by atoms with E-state index in [-0.39, 0.29) is 23.9 Å². The number of benzene rings is 2. The fourth-order valence-electron chi connectivity index (χ4n) is 2.39. The van der Waals surface area contributed by atoms with Gasteiger partial charge in [-0.15, -0.1) is 12.4 Å². The second kappa shape index (κ2) is 8.94. The Morgan fingerprint density at radius 1 is 0.929 bits per heavy atom. The molecule has 0 saturated heterocycles. The van der Waals surface area contributed by atoms with E-state index in [1.54, 1.807) is 24.3 Å². The summed E-state index contributed by atoms with van der Waals surface area (Å²) in [5.41, 5.74) is 0.180. The summed E-state index contributed by atoms with van der Waals surface area (Å²) in [4.78, 5) is 8.11. The lowest BCUT2D eigenvalue weighted by Gasteiger charge is -2.12. The maximum atomic E-state index is 13.4. The van der Waals surface area contributed by atoms with Crippen LogP contribution in [-0.2, 0) is 12.6 Å². The molecule has 28 heavy (non-hydrogen) atoms. The zero-order valence-corrected chi connectivity index (χ0v) is 16.2. The minimum Gasteiger partial charge on any atom is -0.340 e. The Hall–Kier alpha value is -2.09. The monoisotopic (exact) mass is 451 g/mol. The fraction of sp³-hybridized carbons (Fsp3) is 0.111. The smallest absolute Gasteiger partial charge is 0.340 e. The number of hydrogen-bond acceptors (Lipinski definition) is 3. The van der Waals surface area contributed by atoms with Crippen molar-refractivity contribution in [1.29, 1.82) is 0 Å². The van der Waals surface area contributed by atoms with Crippen molar-refractivity contribution < 1.29 is 17.6 Å². The van der Waals surface area contributed by atoms with Gasteiger partial charge in [-0.3, -0.25) is 0 Å². The van der Waals surface area contributed by atoms with Crippen molar-refractivity contribution in [2.45, 2.75) is 12.6 Å². The Balaban J connectivity index is 0.00000280. The Bertz CT molecular complexity index is 981. The van der Waals surface area contributed by atoms with E-state index in [0.717, 1.165) is 11.6 Å². The van der Waals surface area contributed by atoms with Gasteiger partial charge in [0.15, 0.2) is 0 Å². The number of halogens is 7. The highest BCUT2D eigenvalue weighted by Gasteiger charge is 2.34. The molecule has 0 radical (unpaired) electrons. The molecule has 0 aliphatic heterocycles. The highest BCUT2D eigenvalue weighted by Crippen LogP contribution is 2.33. The fourth-order valence-corrected chi connectivity index (χ4v) is 2.71. The molecular formula is C18H12Cl3F4N3. The third kappa shape index (κ3) is 5.47. The molecule has 0 unspecified atom stereocenters. The third-order valence-corrected chi connectivity index (χ3v) is 4.38. The molecule has 3 rings (SSSR count). The second-order valence-electron chi connectivity index (χ2n) is 5.64. The van der Waals surface area contributed by atoms with Gasteiger partial charge < -0.3 is 5.32 Å². The van der Waals surface area contributed by atoms with Gasteiger partial charge in [-0.2, -0.15) is 13.2 Å². The minimum absolute atomic E-state index is 0. The molecule has 1 N–H and O–H groups in total. The summed E-state index contributed by atoms with van der Waals surface area (Å²) in [7, 11) is 0. The van der Waals surface area contributed by atoms with Gasteiger partial charge in [-0.25, -0.2) is 14.4 Å². The molecule has 0 fully saturated rings. The van der Waals surface area contributed by atoms with Crippen LogP contribution in [0.15, 0.2) is 48.8 Å². The average Bonchev–Trinajstić information content (AvgIpc) is 2.59. The molecule has 0 bridgehead atoms. The molecule has 3 aromatic rings. The number of rotatable bonds is 4. The van der Waals surface area contributed by atoms with Crippen LogP contribution in [0, 0.1) is 5.82 Å². The normalized spacial score (nSPS) is 11.1. The topological polar surface area (TPSA) is 37.8 Å². The molecule has 0 spiro atoms. The molecular weight excluding hydrogens is 441 g/mol. The zero-order chi connectivity index (χ0) is 19.6. The Morgan fingerprint density at radius 3 is 2.36 bits per heavy atom. The molecule has 10 heteroatoms. The van der Waals surface area contributed by atoms with Crippen molar-refractivity contribution >= 4 is 47.1 Å². The molecule has 1 aromatic heterocycles. The van der Waals surface area contributed by atoms with E-state index in [9.17, 15) is 17.6 Å². The molecule has 2 aromatic carbocycles. The van der Waals surface area contributed by atoms with Crippen molar-refractivity contribution in [3.63, 3.8) is 0 Å². The van der Waals surface area contributed by atoms with E-state index < -0.39 is 17.6 Å². The first-order valence-electron chi connectivity index (χ1n) is 7.61. The maximum Gasteiger partial charge on any atom is 0.419 e. The van der Waals surface area contributed by atoms with Gasteiger partial charge in [0.2, 0.25) is 0 Å². The number of anilines is 2. The van der Waals surface area contributed by atoms with Crippen LogP contribution >= 0.6 is 35.6 Å². The Labute approximate surface area is 174 Å². The summed E-state index contributed by atoms with van der Waals surface area (Å²) in [6, 6.07) is 9.38. The molecule has 148 valence electrons. The molecule has 0 saturated carbocycles. The standard InChI is InChI=1S/C18H11Cl2F4N3.ClH/c19-14-3-1-10(6-15(14)20)5-12-8-17(26-9-25-12)27-11-2-4-16(21)13(7-11)18(22,23)24;/h1-4,6-9H,5H2,(H,25,26,27);1H. The van der Waals surface area contributed by atoms with E-state index >= 15 is 0 Å². The van der Waals surface area contributed by atoms with E-state index in [1.807, 2.05) is 0 Å². The lowest BCUT2D eigenvalue weighted by molar-refractivity contribution is -0.139. The SMILES string of the molecule is Cl.Fc1ccc(Nc2cc(Cc3ccc(Cl)c(Cl)c3)ncn2)cc1C(F)(F)F. The van der Waals surface area contributed by atoms with Gasteiger partial charge in [0.25, 0.3) is 0 Å². The van der Waals surface area contributed by atoms with Crippen molar-refractivity contribution in [3.05, 3.63) is 81.5 Å². The van der Waals surface area contributed by atoms with Crippen LogP contribution in [-0.4, -0.2) is 9.97 Å². The first kappa shape index (κ1) is 22.2. The van der Waals surface area contributed by atoms with Crippen LogP contribution in [0.3, 0.4) is 0 Å². The van der Waals surface area contributed by atoms with Gasteiger partial charge in [-0.1, -0.05) is 29.3 Å². The van der Waals surface area contributed by atoms with Crippen LogP contribution in [0.2, 0.25) is 10.0 Å². The summed E-state index contributed by atoms with van der Waals surface area (Å²) >= 11 is 11.9. The summed E-state index contributed by atoms with van der Waals surface area (Å²) in [5, 5.41) is 3.57. The van der Waals surface area contributed by atoms with Crippen LogP contribution in [0.5, 0.6) is 0 Å². The first-order chi connectivity index (χ1) is 12.7. The van der Waals surface area contributed by atoms with Gasteiger partial charge in [0.05, 0.1) is 21.3 Å². The van der Waals surface area contributed by atoms with E-state index in [0.29, 0.717) is 28.2 Å². The average molecular weight is 453 g/mol. The van der Waals surface area contributed by atoms with Gasteiger partial charge >= 0.3 is 6.18 Å². The van der Waals surface area contributed by atoms with Crippen molar-refractivity contribution in [3.8, 4) is 0 Å². The zero-order valence-electron chi connectivity index (χ0n) is 13.9. The van der Waals surface area contributed by atoms with Crippen molar-refractivity contribution in [1.82, 2.24) is 9.97 Å². The lowest BCUT2D eigenvalue weighted by atomic mass is 10.1. The Morgan fingerprint density at radius 2 is 1.68 bits per heavy atom.